The summed E-state index contributed by atoms with van der Waals surface area (Å²) in [5.74, 6) is 1.09. The lowest BCUT2D eigenvalue weighted by atomic mass is 9.98. The van der Waals surface area contributed by atoms with Gasteiger partial charge in [-0.15, -0.1) is 11.8 Å². The van der Waals surface area contributed by atoms with Crippen LogP contribution in [0.3, 0.4) is 0 Å². The molecule has 2 amide bonds. The number of anilines is 1. The fourth-order valence-electron chi connectivity index (χ4n) is 5.23. The fourth-order valence-corrected chi connectivity index (χ4v) is 6.42. The molecule has 0 aliphatic carbocycles. The van der Waals surface area contributed by atoms with Crippen LogP contribution in [0, 0.1) is 6.92 Å². The molecular formula is C34H31N5O3S. The van der Waals surface area contributed by atoms with Crippen molar-refractivity contribution in [2.45, 2.75) is 18.7 Å². The van der Waals surface area contributed by atoms with Gasteiger partial charge in [0.1, 0.15) is 18.1 Å². The summed E-state index contributed by atoms with van der Waals surface area (Å²) in [5, 5.41) is 7.92. The van der Waals surface area contributed by atoms with Crippen molar-refractivity contribution >= 4 is 29.4 Å². The molecule has 3 aromatic carbocycles. The molecule has 8 nitrogen and oxygen atoms in total. The molecule has 1 aliphatic heterocycles. The van der Waals surface area contributed by atoms with Crippen LogP contribution in [0.15, 0.2) is 103 Å². The number of fused-ring (bicyclic) bond motifs is 1. The van der Waals surface area contributed by atoms with Gasteiger partial charge in [0, 0.05) is 30.1 Å². The first-order valence-electron chi connectivity index (χ1n) is 14.0. The number of benzene rings is 3. The van der Waals surface area contributed by atoms with Crippen molar-refractivity contribution in [1.82, 2.24) is 20.1 Å². The summed E-state index contributed by atoms with van der Waals surface area (Å²) in [5.41, 5.74) is 6.48. The lowest BCUT2D eigenvalue weighted by molar-refractivity contribution is -0.123. The maximum absolute atomic E-state index is 13.9. The number of aromatic nitrogens is 3. The molecule has 1 atom stereocenters. The van der Waals surface area contributed by atoms with Crippen molar-refractivity contribution in [1.29, 1.82) is 0 Å². The number of methoxy groups -OCH3 is 1. The van der Waals surface area contributed by atoms with E-state index in [1.807, 2.05) is 72.8 Å². The number of thioether (sulfide) groups is 1. The summed E-state index contributed by atoms with van der Waals surface area (Å²) in [7, 11) is 1.62. The fraction of sp³-hybridized carbons (Fsp3) is 0.176. The second-order valence-electron chi connectivity index (χ2n) is 10.3. The van der Waals surface area contributed by atoms with Crippen LogP contribution < -0.4 is 15.0 Å². The summed E-state index contributed by atoms with van der Waals surface area (Å²) in [6.07, 6.45) is 3.38. The summed E-state index contributed by atoms with van der Waals surface area (Å²) in [4.78, 5) is 32.9. The van der Waals surface area contributed by atoms with Crippen LogP contribution in [0.2, 0.25) is 0 Å². The Kier molecular flexibility index (Phi) is 8.24. The normalized spacial score (nSPS) is 14.6. The Morgan fingerprint density at radius 1 is 1.00 bits per heavy atom. The largest absolute Gasteiger partial charge is 0.497 e. The minimum Gasteiger partial charge on any atom is -0.497 e. The third kappa shape index (κ3) is 6.03. The highest BCUT2D eigenvalue weighted by atomic mass is 32.2. The standard InChI is InChI=1S/C34H31N5O3S/c1-23-7-6-10-26(19-23)33-31-32(25-8-4-3-5-9-25)37-39(27-11-13-28(42-2)14-12-27)34(31)38(30(41)22-43-33)21-29(40)36-20-24-15-17-35-18-16-24/h3-19,33H,20-22H2,1-2H3,(H,36,40). The number of carbonyl (C=O) groups excluding carboxylic acids is 2. The molecule has 216 valence electrons. The minimum atomic E-state index is -0.265. The van der Waals surface area contributed by atoms with Gasteiger partial charge in [-0.25, -0.2) is 4.68 Å². The zero-order chi connectivity index (χ0) is 29.8. The van der Waals surface area contributed by atoms with E-state index in [1.54, 1.807) is 40.8 Å². The van der Waals surface area contributed by atoms with E-state index in [4.69, 9.17) is 9.84 Å². The van der Waals surface area contributed by atoms with Crippen molar-refractivity contribution < 1.29 is 14.3 Å². The summed E-state index contributed by atoms with van der Waals surface area (Å²) in [6, 6.07) is 29.6. The van der Waals surface area contributed by atoms with Crippen molar-refractivity contribution in [3.05, 3.63) is 126 Å². The average molecular weight is 590 g/mol. The number of aryl methyl sites for hydroxylation is 1. The second-order valence-corrected chi connectivity index (χ2v) is 11.4. The van der Waals surface area contributed by atoms with Crippen LogP contribution in [0.4, 0.5) is 5.82 Å². The van der Waals surface area contributed by atoms with Gasteiger partial charge in [0.2, 0.25) is 11.8 Å². The van der Waals surface area contributed by atoms with Crippen LogP contribution in [0.5, 0.6) is 5.75 Å². The first-order valence-corrected chi connectivity index (χ1v) is 15.0. The van der Waals surface area contributed by atoms with Gasteiger partial charge in [-0.1, -0.05) is 60.2 Å². The molecule has 43 heavy (non-hydrogen) atoms. The lowest BCUT2D eigenvalue weighted by Gasteiger charge is -2.23. The van der Waals surface area contributed by atoms with E-state index in [0.29, 0.717) is 18.1 Å². The van der Waals surface area contributed by atoms with Crippen LogP contribution in [0.1, 0.15) is 27.5 Å². The molecule has 0 fully saturated rings. The van der Waals surface area contributed by atoms with Gasteiger partial charge in [-0.2, -0.15) is 5.10 Å². The summed E-state index contributed by atoms with van der Waals surface area (Å²) < 4.78 is 7.19. The molecule has 0 saturated carbocycles. The van der Waals surface area contributed by atoms with Gasteiger partial charge in [0.05, 0.1) is 29.5 Å². The van der Waals surface area contributed by atoms with Crippen molar-refractivity contribution in [3.63, 3.8) is 0 Å². The third-order valence-electron chi connectivity index (χ3n) is 7.34. The number of pyridine rings is 1. The van der Waals surface area contributed by atoms with Crippen LogP contribution in [-0.2, 0) is 16.1 Å². The number of ether oxygens (including phenoxy) is 1. The molecule has 0 bridgehead atoms. The molecule has 0 saturated heterocycles. The Morgan fingerprint density at radius 2 is 1.77 bits per heavy atom. The third-order valence-corrected chi connectivity index (χ3v) is 8.59. The molecule has 1 N–H and O–H groups in total. The second kappa shape index (κ2) is 12.5. The Balaban J connectivity index is 1.52. The zero-order valence-corrected chi connectivity index (χ0v) is 24.8. The molecule has 3 heterocycles. The maximum atomic E-state index is 13.9. The number of hydrogen-bond donors (Lipinski definition) is 1. The predicted octanol–water partition coefficient (Wildman–Crippen LogP) is 5.74. The van der Waals surface area contributed by atoms with E-state index < -0.39 is 0 Å². The predicted molar refractivity (Wildman–Crippen MR) is 169 cm³/mol. The van der Waals surface area contributed by atoms with E-state index in [1.165, 1.54) is 0 Å². The molecule has 5 aromatic rings. The van der Waals surface area contributed by atoms with Gasteiger partial charge < -0.3 is 10.1 Å². The molecule has 9 heteroatoms. The Hall–Kier alpha value is -4.89. The molecule has 6 rings (SSSR count). The first kappa shape index (κ1) is 28.2. The van der Waals surface area contributed by atoms with E-state index in [-0.39, 0.29) is 29.4 Å². The van der Waals surface area contributed by atoms with E-state index in [2.05, 4.69) is 35.4 Å². The van der Waals surface area contributed by atoms with Gasteiger partial charge in [0.25, 0.3) is 0 Å². The molecule has 0 radical (unpaired) electrons. The van der Waals surface area contributed by atoms with Crippen molar-refractivity contribution in [2.75, 3.05) is 24.3 Å². The van der Waals surface area contributed by atoms with Gasteiger partial charge in [0.15, 0.2) is 0 Å². The van der Waals surface area contributed by atoms with Crippen LogP contribution in [-0.4, -0.2) is 46.0 Å². The van der Waals surface area contributed by atoms with E-state index >= 15 is 0 Å². The van der Waals surface area contributed by atoms with Gasteiger partial charge in [-0.3, -0.25) is 19.5 Å². The van der Waals surface area contributed by atoms with Crippen molar-refractivity contribution in [3.8, 4) is 22.7 Å². The van der Waals surface area contributed by atoms with Crippen molar-refractivity contribution in [2.24, 2.45) is 0 Å². The number of hydrogen-bond acceptors (Lipinski definition) is 6. The molecule has 0 spiro atoms. The molecule has 1 unspecified atom stereocenters. The minimum absolute atomic E-state index is 0.145. The quantitative estimate of drug-likeness (QED) is 0.249. The Morgan fingerprint density at radius 3 is 2.49 bits per heavy atom. The Bertz CT molecular complexity index is 1740. The summed E-state index contributed by atoms with van der Waals surface area (Å²) >= 11 is 1.56. The topological polar surface area (TPSA) is 89.3 Å². The summed E-state index contributed by atoms with van der Waals surface area (Å²) in [6.45, 7) is 2.26. The number of nitrogens with zero attached hydrogens (tertiary/aromatic N) is 4. The smallest absolute Gasteiger partial charge is 0.240 e. The van der Waals surface area contributed by atoms with Gasteiger partial charge >= 0.3 is 0 Å². The first-order chi connectivity index (χ1) is 21.0. The number of carbonyl (C=O) groups is 2. The lowest BCUT2D eigenvalue weighted by Crippen LogP contribution is -2.42. The van der Waals surface area contributed by atoms with Gasteiger partial charge in [-0.05, 0) is 54.4 Å². The zero-order valence-electron chi connectivity index (χ0n) is 23.9. The molecular weight excluding hydrogens is 558 g/mol. The molecule has 1 aliphatic rings. The average Bonchev–Trinajstić information content (AvgIpc) is 3.37. The maximum Gasteiger partial charge on any atom is 0.240 e. The Labute approximate surface area is 254 Å². The number of amides is 2. The van der Waals surface area contributed by atoms with E-state index in [9.17, 15) is 9.59 Å². The van der Waals surface area contributed by atoms with Crippen LogP contribution in [0.25, 0.3) is 16.9 Å². The highest BCUT2D eigenvalue weighted by Gasteiger charge is 2.37. The molecule has 2 aromatic heterocycles. The highest BCUT2D eigenvalue weighted by Crippen LogP contribution is 2.48. The highest BCUT2D eigenvalue weighted by molar-refractivity contribution is 8.00. The monoisotopic (exact) mass is 589 g/mol. The van der Waals surface area contributed by atoms with E-state index in [0.717, 1.165) is 39.2 Å². The number of nitrogens with one attached hydrogen (secondary N) is 1. The SMILES string of the molecule is COc1ccc(-n2nc(-c3ccccc3)c3c2N(CC(=O)NCc2ccncc2)C(=O)CSC3c2cccc(C)c2)cc1. The number of rotatable bonds is 8. The van der Waals surface area contributed by atoms with Crippen LogP contribution >= 0.6 is 11.8 Å².